The van der Waals surface area contributed by atoms with E-state index in [1.54, 1.807) is 12.1 Å². The summed E-state index contributed by atoms with van der Waals surface area (Å²) in [6, 6.07) is 12.7. The second-order valence-electron chi connectivity index (χ2n) is 4.67. The lowest BCUT2D eigenvalue weighted by molar-refractivity contribution is 0.262. The summed E-state index contributed by atoms with van der Waals surface area (Å²) in [6.07, 6.45) is 0. The van der Waals surface area contributed by atoms with Crippen LogP contribution >= 0.6 is 27.3 Å². The molecule has 118 valence electrons. The number of fused-ring (bicyclic) bond motifs is 1. The Hall–Kier alpha value is -2.12. The van der Waals surface area contributed by atoms with Crippen molar-refractivity contribution in [1.82, 2.24) is 4.98 Å². The van der Waals surface area contributed by atoms with E-state index < -0.39 is 0 Å². The third-order valence-electron chi connectivity index (χ3n) is 2.99. The van der Waals surface area contributed by atoms with E-state index in [9.17, 15) is 4.79 Å². The molecular formula is C16H14BrN3O2S. The van der Waals surface area contributed by atoms with Crippen molar-refractivity contribution in [3.05, 3.63) is 46.9 Å². The molecule has 7 heteroatoms. The van der Waals surface area contributed by atoms with Crippen LogP contribution in [0.3, 0.4) is 0 Å². The van der Waals surface area contributed by atoms with Gasteiger partial charge in [-0.2, -0.15) is 0 Å². The smallest absolute Gasteiger partial charge is 0.325 e. The lowest BCUT2D eigenvalue weighted by atomic mass is 10.3. The van der Waals surface area contributed by atoms with E-state index in [1.165, 1.54) is 11.3 Å². The number of amides is 2. The van der Waals surface area contributed by atoms with Gasteiger partial charge >= 0.3 is 6.03 Å². The summed E-state index contributed by atoms with van der Waals surface area (Å²) in [4.78, 5) is 16.4. The molecule has 0 saturated heterocycles. The molecule has 2 amide bonds. The average molecular weight is 392 g/mol. The van der Waals surface area contributed by atoms with E-state index in [0.29, 0.717) is 17.4 Å². The van der Waals surface area contributed by atoms with Crippen molar-refractivity contribution >= 4 is 54.3 Å². The molecule has 0 atom stereocenters. The molecule has 0 radical (unpaired) electrons. The normalized spacial score (nSPS) is 10.5. The second-order valence-corrected chi connectivity index (χ2v) is 6.61. The zero-order valence-electron chi connectivity index (χ0n) is 12.3. The molecule has 0 saturated carbocycles. The van der Waals surface area contributed by atoms with Crippen LogP contribution in [0, 0.1) is 0 Å². The van der Waals surface area contributed by atoms with Crippen LogP contribution in [-0.4, -0.2) is 17.6 Å². The molecule has 0 unspecified atom stereocenters. The molecule has 0 fully saturated rings. The van der Waals surface area contributed by atoms with Crippen LogP contribution in [0.2, 0.25) is 0 Å². The summed E-state index contributed by atoms with van der Waals surface area (Å²) in [6.45, 7) is 2.54. The first-order chi connectivity index (χ1) is 11.1. The molecule has 2 aromatic carbocycles. The molecule has 3 aromatic rings. The van der Waals surface area contributed by atoms with E-state index in [4.69, 9.17) is 4.74 Å². The number of aromatic nitrogens is 1. The van der Waals surface area contributed by atoms with Gasteiger partial charge in [0.25, 0.3) is 0 Å². The third-order valence-corrected chi connectivity index (χ3v) is 4.42. The van der Waals surface area contributed by atoms with Crippen molar-refractivity contribution in [2.75, 3.05) is 17.2 Å². The Morgan fingerprint density at radius 3 is 2.74 bits per heavy atom. The number of benzene rings is 2. The maximum atomic E-state index is 12.0. The number of hydrogen-bond donors (Lipinski definition) is 2. The SMILES string of the molecule is CCOc1ccc(NC(=O)Nc2nc3ccc(Br)cc3s2)cc1. The number of carbonyl (C=O) groups excluding carboxylic acids is 1. The maximum absolute atomic E-state index is 12.0. The fourth-order valence-corrected chi connectivity index (χ4v) is 3.43. The van der Waals surface area contributed by atoms with E-state index in [-0.39, 0.29) is 6.03 Å². The highest BCUT2D eigenvalue weighted by molar-refractivity contribution is 9.10. The van der Waals surface area contributed by atoms with Gasteiger partial charge in [-0.25, -0.2) is 9.78 Å². The number of thiazole rings is 1. The Bertz CT molecular complexity index is 833. The molecule has 0 bridgehead atoms. The fourth-order valence-electron chi connectivity index (χ4n) is 2.01. The van der Waals surface area contributed by atoms with Crippen molar-refractivity contribution in [1.29, 1.82) is 0 Å². The van der Waals surface area contributed by atoms with Crippen molar-refractivity contribution < 1.29 is 9.53 Å². The largest absolute Gasteiger partial charge is 0.494 e. The van der Waals surface area contributed by atoms with Crippen molar-refractivity contribution in [3.63, 3.8) is 0 Å². The van der Waals surface area contributed by atoms with Crippen LogP contribution in [0.4, 0.5) is 15.6 Å². The first kappa shape index (κ1) is 15.8. The van der Waals surface area contributed by atoms with Crippen LogP contribution in [0.5, 0.6) is 5.75 Å². The van der Waals surface area contributed by atoms with E-state index >= 15 is 0 Å². The lowest BCUT2D eigenvalue weighted by Crippen LogP contribution is -2.19. The number of hydrogen-bond acceptors (Lipinski definition) is 4. The first-order valence-electron chi connectivity index (χ1n) is 7.01. The zero-order chi connectivity index (χ0) is 16.2. The molecule has 2 N–H and O–H groups in total. The number of ether oxygens (including phenoxy) is 1. The van der Waals surface area contributed by atoms with Crippen LogP contribution < -0.4 is 15.4 Å². The minimum Gasteiger partial charge on any atom is -0.494 e. The number of carbonyl (C=O) groups is 1. The van der Waals surface area contributed by atoms with Gasteiger partial charge in [0.05, 0.1) is 16.8 Å². The van der Waals surface area contributed by atoms with Crippen LogP contribution in [-0.2, 0) is 0 Å². The van der Waals surface area contributed by atoms with Gasteiger partial charge in [0.1, 0.15) is 5.75 Å². The van der Waals surface area contributed by atoms with Gasteiger partial charge in [-0.05, 0) is 49.4 Å². The highest BCUT2D eigenvalue weighted by Gasteiger charge is 2.08. The summed E-state index contributed by atoms with van der Waals surface area (Å²) < 4.78 is 7.36. The number of rotatable bonds is 4. The van der Waals surface area contributed by atoms with Crippen LogP contribution in [0.15, 0.2) is 46.9 Å². The molecule has 1 heterocycles. The molecular weight excluding hydrogens is 378 g/mol. The predicted molar refractivity (Wildman–Crippen MR) is 97.6 cm³/mol. The maximum Gasteiger partial charge on any atom is 0.325 e. The number of halogens is 1. The summed E-state index contributed by atoms with van der Waals surface area (Å²) in [5.74, 6) is 0.773. The monoisotopic (exact) mass is 391 g/mol. The van der Waals surface area contributed by atoms with Gasteiger partial charge in [0, 0.05) is 10.2 Å². The number of nitrogens with one attached hydrogen (secondary N) is 2. The standard InChI is InChI=1S/C16H14BrN3O2S/c1-2-22-12-6-4-11(5-7-12)18-15(21)20-16-19-13-8-3-10(17)9-14(13)23-16/h3-9H,2H2,1H3,(H2,18,19,20,21). The van der Waals surface area contributed by atoms with Crippen molar-refractivity contribution in [2.24, 2.45) is 0 Å². The highest BCUT2D eigenvalue weighted by Crippen LogP contribution is 2.28. The molecule has 0 aliphatic rings. The highest BCUT2D eigenvalue weighted by atomic mass is 79.9. The molecule has 0 aliphatic heterocycles. The minimum absolute atomic E-state index is 0.327. The van der Waals surface area contributed by atoms with Crippen LogP contribution in [0.25, 0.3) is 10.2 Å². The molecule has 0 spiro atoms. The Morgan fingerprint density at radius 1 is 1.22 bits per heavy atom. The zero-order valence-corrected chi connectivity index (χ0v) is 14.7. The minimum atomic E-state index is -0.327. The number of nitrogens with zero attached hydrogens (tertiary/aromatic N) is 1. The Balaban J connectivity index is 1.65. The van der Waals surface area contributed by atoms with Gasteiger partial charge in [0.15, 0.2) is 5.13 Å². The molecule has 1 aromatic heterocycles. The number of anilines is 2. The Kier molecular flexibility index (Phi) is 4.78. The van der Waals surface area contributed by atoms with Crippen molar-refractivity contribution in [3.8, 4) is 5.75 Å². The van der Waals surface area contributed by atoms with E-state index in [1.807, 2.05) is 37.3 Å². The summed E-state index contributed by atoms with van der Waals surface area (Å²) in [5, 5.41) is 6.07. The second kappa shape index (κ2) is 6.97. The summed E-state index contributed by atoms with van der Waals surface area (Å²) in [5.41, 5.74) is 1.55. The Morgan fingerprint density at radius 2 is 2.00 bits per heavy atom. The van der Waals surface area contributed by atoms with Gasteiger partial charge in [-0.15, -0.1) is 0 Å². The molecule has 3 rings (SSSR count). The fraction of sp³-hybridized carbons (Fsp3) is 0.125. The van der Waals surface area contributed by atoms with Crippen molar-refractivity contribution in [2.45, 2.75) is 6.92 Å². The topological polar surface area (TPSA) is 63.2 Å². The van der Waals surface area contributed by atoms with Gasteiger partial charge in [0.2, 0.25) is 0 Å². The predicted octanol–water partition coefficient (Wildman–Crippen LogP) is 5.10. The molecule has 0 aliphatic carbocycles. The van der Waals surface area contributed by atoms with E-state index in [2.05, 4.69) is 31.5 Å². The van der Waals surface area contributed by atoms with Crippen LogP contribution in [0.1, 0.15) is 6.92 Å². The molecule has 23 heavy (non-hydrogen) atoms. The van der Waals surface area contributed by atoms with E-state index in [0.717, 1.165) is 20.4 Å². The summed E-state index contributed by atoms with van der Waals surface area (Å²) in [7, 11) is 0. The quantitative estimate of drug-likeness (QED) is 0.649. The Labute approximate surface area is 145 Å². The lowest BCUT2D eigenvalue weighted by Gasteiger charge is -2.07. The first-order valence-corrected chi connectivity index (χ1v) is 8.62. The number of urea groups is 1. The van der Waals surface area contributed by atoms with Gasteiger partial charge in [-0.1, -0.05) is 27.3 Å². The van der Waals surface area contributed by atoms with Gasteiger partial charge in [-0.3, -0.25) is 5.32 Å². The summed E-state index contributed by atoms with van der Waals surface area (Å²) >= 11 is 4.85. The third kappa shape index (κ3) is 4.00. The molecule has 5 nitrogen and oxygen atoms in total. The average Bonchev–Trinajstić information content (AvgIpc) is 2.90. The van der Waals surface area contributed by atoms with Gasteiger partial charge < -0.3 is 10.1 Å².